The Labute approximate surface area is 86.8 Å². The molecule has 0 saturated carbocycles. The Morgan fingerprint density at radius 1 is 1.43 bits per heavy atom. The molecule has 1 unspecified atom stereocenters. The molecule has 0 aromatic carbocycles. The molecule has 1 saturated heterocycles. The lowest BCUT2D eigenvalue weighted by Gasteiger charge is -2.36. The van der Waals surface area contributed by atoms with Crippen LogP contribution < -0.4 is 5.32 Å². The molecular formula is C11H23NO2. The minimum atomic E-state index is -0.589. The lowest BCUT2D eigenvalue weighted by atomic mass is 9.83. The van der Waals surface area contributed by atoms with Gasteiger partial charge >= 0.3 is 0 Å². The van der Waals surface area contributed by atoms with Crippen LogP contribution in [-0.4, -0.2) is 36.5 Å². The second-order valence-electron chi connectivity index (χ2n) is 4.78. The third-order valence-electron chi connectivity index (χ3n) is 2.97. The van der Waals surface area contributed by atoms with E-state index in [9.17, 15) is 5.11 Å². The predicted octanol–water partition coefficient (Wildman–Crippen LogP) is 1.16. The summed E-state index contributed by atoms with van der Waals surface area (Å²) in [5.41, 5.74) is -0.589. The highest BCUT2D eigenvalue weighted by Crippen LogP contribution is 2.26. The molecule has 0 radical (unpaired) electrons. The fourth-order valence-electron chi connectivity index (χ4n) is 1.87. The third kappa shape index (κ3) is 3.56. The van der Waals surface area contributed by atoms with E-state index in [2.05, 4.69) is 19.2 Å². The van der Waals surface area contributed by atoms with Gasteiger partial charge in [0, 0.05) is 25.8 Å². The van der Waals surface area contributed by atoms with Gasteiger partial charge in [0.25, 0.3) is 0 Å². The molecule has 2 N–H and O–H groups in total. The molecule has 1 rings (SSSR count). The van der Waals surface area contributed by atoms with Gasteiger partial charge in [-0.3, -0.25) is 0 Å². The van der Waals surface area contributed by atoms with Gasteiger partial charge in [-0.05, 0) is 25.7 Å². The average Bonchev–Trinajstić information content (AvgIpc) is 2.16. The van der Waals surface area contributed by atoms with Crippen molar-refractivity contribution in [3.63, 3.8) is 0 Å². The van der Waals surface area contributed by atoms with Gasteiger partial charge in [-0.1, -0.05) is 13.8 Å². The standard InChI is InChI=1S/C11H23NO2/c1-9(2)12-8-11(3,13)10-4-6-14-7-5-10/h9-10,12-13H,4-8H2,1-3H3. The predicted molar refractivity (Wildman–Crippen MR) is 57.3 cm³/mol. The molecule has 0 amide bonds. The molecule has 84 valence electrons. The molecule has 14 heavy (non-hydrogen) atoms. The topological polar surface area (TPSA) is 41.5 Å². The molecule has 1 atom stereocenters. The first kappa shape index (κ1) is 12.0. The largest absolute Gasteiger partial charge is 0.389 e. The Hall–Kier alpha value is -0.120. The van der Waals surface area contributed by atoms with E-state index < -0.39 is 5.60 Å². The van der Waals surface area contributed by atoms with Crippen LogP contribution in [0.3, 0.4) is 0 Å². The smallest absolute Gasteiger partial charge is 0.0773 e. The third-order valence-corrected chi connectivity index (χ3v) is 2.97. The number of aliphatic hydroxyl groups is 1. The summed E-state index contributed by atoms with van der Waals surface area (Å²) >= 11 is 0. The van der Waals surface area contributed by atoms with Gasteiger partial charge in [-0.25, -0.2) is 0 Å². The van der Waals surface area contributed by atoms with E-state index in [0.29, 0.717) is 18.5 Å². The highest BCUT2D eigenvalue weighted by Gasteiger charge is 2.32. The Morgan fingerprint density at radius 2 is 2.00 bits per heavy atom. The second kappa shape index (κ2) is 5.10. The quantitative estimate of drug-likeness (QED) is 0.717. The van der Waals surface area contributed by atoms with Crippen molar-refractivity contribution in [3.8, 4) is 0 Å². The van der Waals surface area contributed by atoms with Crippen LogP contribution in [-0.2, 0) is 4.74 Å². The Bertz CT molecular complexity index is 163. The van der Waals surface area contributed by atoms with Gasteiger partial charge < -0.3 is 15.2 Å². The highest BCUT2D eigenvalue weighted by atomic mass is 16.5. The first-order valence-corrected chi connectivity index (χ1v) is 5.56. The van der Waals surface area contributed by atoms with Crippen LogP contribution in [0.1, 0.15) is 33.6 Å². The van der Waals surface area contributed by atoms with E-state index in [-0.39, 0.29) is 0 Å². The van der Waals surface area contributed by atoms with Crippen LogP contribution in [0.5, 0.6) is 0 Å². The molecule has 1 heterocycles. The summed E-state index contributed by atoms with van der Waals surface area (Å²) in [6.45, 7) is 8.39. The van der Waals surface area contributed by atoms with Crippen molar-refractivity contribution in [2.45, 2.75) is 45.3 Å². The summed E-state index contributed by atoms with van der Waals surface area (Å²) in [7, 11) is 0. The fraction of sp³-hybridized carbons (Fsp3) is 1.00. The van der Waals surface area contributed by atoms with Crippen molar-refractivity contribution in [2.24, 2.45) is 5.92 Å². The SMILES string of the molecule is CC(C)NCC(C)(O)C1CCOCC1. The fourth-order valence-corrected chi connectivity index (χ4v) is 1.87. The van der Waals surface area contributed by atoms with E-state index in [1.807, 2.05) is 6.92 Å². The van der Waals surface area contributed by atoms with Gasteiger partial charge in [-0.15, -0.1) is 0 Å². The summed E-state index contributed by atoms with van der Waals surface area (Å²) in [5.74, 6) is 0.377. The molecule has 3 nitrogen and oxygen atoms in total. The van der Waals surface area contributed by atoms with Crippen LogP contribution in [0.2, 0.25) is 0 Å². The first-order valence-electron chi connectivity index (χ1n) is 5.56. The van der Waals surface area contributed by atoms with E-state index >= 15 is 0 Å². The summed E-state index contributed by atoms with van der Waals surface area (Å²) in [6.07, 6.45) is 1.96. The average molecular weight is 201 g/mol. The highest BCUT2D eigenvalue weighted by molar-refractivity contribution is 4.86. The van der Waals surface area contributed by atoms with Crippen LogP contribution in [0.15, 0.2) is 0 Å². The van der Waals surface area contributed by atoms with Crippen molar-refractivity contribution < 1.29 is 9.84 Å². The van der Waals surface area contributed by atoms with Crippen LogP contribution in [0.25, 0.3) is 0 Å². The van der Waals surface area contributed by atoms with Gasteiger partial charge in [0.1, 0.15) is 0 Å². The molecule has 3 heteroatoms. The number of hydrogen-bond donors (Lipinski definition) is 2. The zero-order valence-corrected chi connectivity index (χ0v) is 9.55. The molecule has 0 aliphatic carbocycles. The van der Waals surface area contributed by atoms with Crippen molar-refractivity contribution in [1.82, 2.24) is 5.32 Å². The molecule has 1 aliphatic rings. The number of nitrogens with one attached hydrogen (secondary N) is 1. The molecule has 0 bridgehead atoms. The molecule has 1 fully saturated rings. The number of hydrogen-bond acceptors (Lipinski definition) is 3. The van der Waals surface area contributed by atoms with E-state index in [1.165, 1.54) is 0 Å². The molecule has 0 spiro atoms. The van der Waals surface area contributed by atoms with Crippen molar-refractivity contribution in [2.75, 3.05) is 19.8 Å². The van der Waals surface area contributed by atoms with Crippen LogP contribution >= 0.6 is 0 Å². The molecule has 0 aromatic heterocycles. The Kier molecular flexibility index (Phi) is 4.35. The van der Waals surface area contributed by atoms with Gasteiger partial charge in [-0.2, -0.15) is 0 Å². The summed E-state index contributed by atoms with van der Waals surface area (Å²) < 4.78 is 5.29. The van der Waals surface area contributed by atoms with Gasteiger partial charge in [0.15, 0.2) is 0 Å². The van der Waals surface area contributed by atoms with E-state index in [1.54, 1.807) is 0 Å². The molecule has 0 aromatic rings. The van der Waals surface area contributed by atoms with E-state index in [0.717, 1.165) is 26.1 Å². The monoisotopic (exact) mass is 201 g/mol. The zero-order chi connectivity index (χ0) is 10.6. The molecule has 1 aliphatic heterocycles. The van der Waals surface area contributed by atoms with Gasteiger partial charge in [0.05, 0.1) is 5.60 Å². The van der Waals surface area contributed by atoms with Gasteiger partial charge in [0.2, 0.25) is 0 Å². The van der Waals surface area contributed by atoms with Crippen LogP contribution in [0.4, 0.5) is 0 Å². The summed E-state index contributed by atoms with van der Waals surface area (Å²) in [5, 5.41) is 13.6. The number of rotatable bonds is 4. The maximum absolute atomic E-state index is 10.3. The summed E-state index contributed by atoms with van der Waals surface area (Å²) in [6, 6.07) is 0.432. The molecular weight excluding hydrogens is 178 g/mol. The Balaban J connectivity index is 2.37. The van der Waals surface area contributed by atoms with Crippen molar-refractivity contribution >= 4 is 0 Å². The maximum Gasteiger partial charge on any atom is 0.0773 e. The lowest BCUT2D eigenvalue weighted by molar-refractivity contribution is -0.0529. The minimum Gasteiger partial charge on any atom is -0.389 e. The maximum atomic E-state index is 10.3. The van der Waals surface area contributed by atoms with Crippen molar-refractivity contribution in [1.29, 1.82) is 0 Å². The van der Waals surface area contributed by atoms with Crippen LogP contribution in [0, 0.1) is 5.92 Å². The number of ether oxygens (including phenoxy) is 1. The zero-order valence-electron chi connectivity index (χ0n) is 9.55. The lowest BCUT2D eigenvalue weighted by Crippen LogP contribution is -2.47. The Morgan fingerprint density at radius 3 is 2.50 bits per heavy atom. The normalized spacial score (nSPS) is 23.8. The minimum absolute atomic E-state index is 0.377. The second-order valence-corrected chi connectivity index (χ2v) is 4.78. The summed E-state index contributed by atoms with van der Waals surface area (Å²) in [4.78, 5) is 0. The van der Waals surface area contributed by atoms with Crippen molar-refractivity contribution in [3.05, 3.63) is 0 Å². The first-order chi connectivity index (χ1) is 6.52. The van der Waals surface area contributed by atoms with E-state index in [4.69, 9.17) is 4.74 Å².